The number of carbonyl (C=O) groups excluding carboxylic acids is 3. The largest absolute Gasteiger partial charge is 0.480 e. The van der Waals surface area contributed by atoms with Crippen LogP contribution in [0.3, 0.4) is 0 Å². The average Bonchev–Trinajstić information content (AvgIpc) is 3.36. The van der Waals surface area contributed by atoms with E-state index in [0.29, 0.717) is 12.2 Å². The van der Waals surface area contributed by atoms with Crippen LogP contribution in [0.25, 0.3) is 10.9 Å². The molecule has 0 aliphatic heterocycles. The number of carboxylic acids is 1. The predicted octanol–water partition coefficient (Wildman–Crippen LogP) is 2.23. The van der Waals surface area contributed by atoms with E-state index in [9.17, 15) is 24.3 Å². The van der Waals surface area contributed by atoms with Gasteiger partial charge in [0, 0.05) is 23.5 Å². The molecule has 41 heavy (non-hydrogen) atoms. The summed E-state index contributed by atoms with van der Waals surface area (Å²) in [5.41, 5.74) is 8.69. The number of fused-ring (bicyclic) bond motifs is 1. The van der Waals surface area contributed by atoms with Crippen molar-refractivity contribution >= 4 is 46.4 Å². The van der Waals surface area contributed by atoms with E-state index in [1.807, 2.05) is 60.9 Å². The molecule has 3 amide bonds. The van der Waals surface area contributed by atoms with E-state index < -0.39 is 47.9 Å². The van der Waals surface area contributed by atoms with Gasteiger partial charge in [-0.05, 0) is 48.0 Å². The van der Waals surface area contributed by atoms with E-state index in [1.54, 1.807) is 20.0 Å². The van der Waals surface area contributed by atoms with Crippen molar-refractivity contribution in [3.63, 3.8) is 0 Å². The van der Waals surface area contributed by atoms with Crippen LogP contribution in [0, 0.1) is 5.92 Å². The Hall–Kier alpha value is -3.83. The number of hydrogen-bond donors (Lipinski definition) is 6. The SMILES string of the molecule is CSCCC(NC(=O)C(Cc1c[nH]c2ccccc12)NC(=O)C(NC(=O)C(N)Cc1ccccc1)C(C)C)C(=O)O. The fourth-order valence-electron chi connectivity index (χ4n) is 4.51. The van der Waals surface area contributed by atoms with Crippen LogP contribution in [0.15, 0.2) is 60.8 Å². The maximum Gasteiger partial charge on any atom is 0.326 e. The molecule has 4 atom stereocenters. The van der Waals surface area contributed by atoms with E-state index in [2.05, 4.69) is 20.9 Å². The van der Waals surface area contributed by atoms with Gasteiger partial charge >= 0.3 is 5.97 Å². The number of carboxylic acid groups (broad SMARTS) is 1. The zero-order valence-corrected chi connectivity index (χ0v) is 24.4. The topological polar surface area (TPSA) is 166 Å². The summed E-state index contributed by atoms with van der Waals surface area (Å²) < 4.78 is 0. The van der Waals surface area contributed by atoms with Gasteiger partial charge in [-0.1, -0.05) is 62.4 Å². The van der Waals surface area contributed by atoms with Crippen molar-refractivity contribution in [2.45, 2.75) is 57.3 Å². The highest BCUT2D eigenvalue weighted by Crippen LogP contribution is 2.19. The number of para-hydroxylation sites is 1. The first-order valence-electron chi connectivity index (χ1n) is 13.6. The molecule has 0 saturated carbocycles. The third-order valence-electron chi connectivity index (χ3n) is 6.84. The second-order valence-electron chi connectivity index (χ2n) is 10.3. The standard InChI is InChI=1S/C30H39N5O5S/c1-18(2)26(35-27(36)22(31)15-19-9-5-4-6-10-19)29(38)34-25(28(37)33-24(30(39)40)13-14-41-3)16-20-17-32-23-12-8-7-11-21(20)23/h4-12,17-18,22,24-26,32H,13-16,31H2,1-3H3,(H,33,37)(H,34,38)(H,35,36)(H,39,40). The number of benzene rings is 2. The summed E-state index contributed by atoms with van der Waals surface area (Å²) in [4.78, 5) is 54.9. The number of aromatic nitrogens is 1. The van der Waals surface area contributed by atoms with Crippen LogP contribution in [0.5, 0.6) is 0 Å². The van der Waals surface area contributed by atoms with Crippen LogP contribution in [-0.2, 0) is 32.0 Å². The van der Waals surface area contributed by atoms with Crippen LogP contribution >= 0.6 is 11.8 Å². The van der Waals surface area contributed by atoms with E-state index in [4.69, 9.17) is 5.73 Å². The molecule has 0 aliphatic rings. The Morgan fingerprint density at radius 1 is 0.878 bits per heavy atom. The van der Waals surface area contributed by atoms with Crippen molar-refractivity contribution in [1.29, 1.82) is 0 Å². The predicted molar refractivity (Wildman–Crippen MR) is 161 cm³/mol. The second kappa shape index (κ2) is 15.2. The summed E-state index contributed by atoms with van der Waals surface area (Å²) in [6.45, 7) is 3.57. The Morgan fingerprint density at radius 3 is 2.20 bits per heavy atom. The van der Waals surface area contributed by atoms with Crippen LogP contribution in [0.1, 0.15) is 31.4 Å². The maximum atomic E-state index is 13.5. The lowest BCUT2D eigenvalue weighted by Gasteiger charge is -2.27. The number of H-pyrrole nitrogens is 1. The molecule has 10 nitrogen and oxygen atoms in total. The molecule has 0 spiro atoms. The van der Waals surface area contributed by atoms with Crippen molar-refractivity contribution < 1.29 is 24.3 Å². The number of hydrogen-bond acceptors (Lipinski definition) is 6. The molecule has 2 aromatic carbocycles. The molecule has 3 rings (SSSR count). The van der Waals surface area contributed by atoms with Gasteiger partial charge in [-0.2, -0.15) is 11.8 Å². The zero-order chi connectivity index (χ0) is 29.9. The summed E-state index contributed by atoms with van der Waals surface area (Å²) in [5.74, 6) is -2.58. The van der Waals surface area contributed by atoms with Crippen LogP contribution in [0.2, 0.25) is 0 Å². The molecule has 1 aromatic heterocycles. The Labute approximate surface area is 244 Å². The first kappa shape index (κ1) is 31.7. The summed E-state index contributed by atoms with van der Waals surface area (Å²) in [7, 11) is 0. The Balaban J connectivity index is 1.79. The number of rotatable bonds is 15. The minimum atomic E-state index is -1.15. The van der Waals surface area contributed by atoms with Crippen molar-refractivity contribution in [3.05, 3.63) is 71.9 Å². The lowest BCUT2D eigenvalue weighted by Crippen LogP contribution is -2.59. The third kappa shape index (κ3) is 9.09. The lowest BCUT2D eigenvalue weighted by molar-refractivity contribution is -0.142. The van der Waals surface area contributed by atoms with Crippen molar-refractivity contribution in [3.8, 4) is 0 Å². The van der Waals surface area contributed by atoms with Gasteiger partial charge in [0.05, 0.1) is 6.04 Å². The van der Waals surface area contributed by atoms with Crippen molar-refractivity contribution in [2.75, 3.05) is 12.0 Å². The molecule has 0 aliphatic carbocycles. The number of amides is 3. The van der Waals surface area contributed by atoms with Gasteiger partial charge < -0.3 is 31.8 Å². The van der Waals surface area contributed by atoms with Crippen LogP contribution in [0.4, 0.5) is 0 Å². The Morgan fingerprint density at radius 2 is 1.54 bits per heavy atom. The van der Waals surface area contributed by atoms with E-state index in [0.717, 1.165) is 22.0 Å². The fraction of sp³-hybridized carbons (Fsp3) is 0.400. The molecule has 4 unspecified atom stereocenters. The first-order valence-corrected chi connectivity index (χ1v) is 15.0. The van der Waals surface area contributed by atoms with Gasteiger partial charge in [0.25, 0.3) is 0 Å². The number of nitrogens with two attached hydrogens (primary N) is 1. The van der Waals surface area contributed by atoms with E-state index in [-0.39, 0.29) is 18.8 Å². The van der Waals surface area contributed by atoms with Crippen LogP contribution < -0.4 is 21.7 Å². The van der Waals surface area contributed by atoms with E-state index in [1.165, 1.54) is 11.8 Å². The number of aromatic amines is 1. The molecule has 0 radical (unpaired) electrons. The number of nitrogens with one attached hydrogen (secondary N) is 4. The van der Waals surface area contributed by atoms with Crippen molar-refractivity contribution in [2.24, 2.45) is 11.7 Å². The quantitative estimate of drug-likeness (QED) is 0.160. The van der Waals surface area contributed by atoms with Gasteiger partial charge in [0.1, 0.15) is 18.1 Å². The fourth-order valence-corrected chi connectivity index (χ4v) is 4.98. The highest BCUT2D eigenvalue weighted by molar-refractivity contribution is 7.98. The normalized spacial score (nSPS) is 14.2. The van der Waals surface area contributed by atoms with Crippen molar-refractivity contribution in [1.82, 2.24) is 20.9 Å². The maximum absolute atomic E-state index is 13.5. The molecule has 0 bridgehead atoms. The van der Waals surface area contributed by atoms with E-state index >= 15 is 0 Å². The Kier molecular flexibility index (Phi) is 11.8. The monoisotopic (exact) mass is 581 g/mol. The highest BCUT2D eigenvalue weighted by atomic mass is 32.2. The first-order chi connectivity index (χ1) is 19.6. The lowest BCUT2D eigenvalue weighted by atomic mass is 9.99. The highest BCUT2D eigenvalue weighted by Gasteiger charge is 2.32. The minimum absolute atomic E-state index is 0.114. The van der Waals surface area contributed by atoms with Gasteiger partial charge in [-0.15, -0.1) is 0 Å². The second-order valence-corrected chi connectivity index (χ2v) is 11.3. The van der Waals surface area contributed by atoms with Crippen LogP contribution in [-0.4, -0.2) is 70.0 Å². The molecule has 3 aromatic rings. The molecule has 220 valence electrons. The summed E-state index contributed by atoms with van der Waals surface area (Å²) in [5, 5.41) is 18.6. The smallest absolute Gasteiger partial charge is 0.326 e. The summed E-state index contributed by atoms with van der Waals surface area (Å²) in [6.07, 6.45) is 4.27. The molecule has 0 fully saturated rings. The zero-order valence-electron chi connectivity index (χ0n) is 23.6. The van der Waals surface area contributed by atoms with Gasteiger partial charge in [0.2, 0.25) is 17.7 Å². The molecular weight excluding hydrogens is 542 g/mol. The average molecular weight is 582 g/mol. The number of carbonyl (C=O) groups is 4. The molecule has 11 heteroatoms. The molecule has 7 N–H and O–H groups in total. The number of aliphatic carboxylic acids is 1. The van der Waals surface area contributed by atoms with Gasteiger partial charge in [-0.25, -0.2) is 4.79 Å². The van der Waals surface area contributed by atoms with Gasteiger partial charge in [0.15, 0.2) is 0 Å². The molecular formula is C30H39N5O5S. The summed E-state index contributed by atoms with van der Waals surface area (Å²) in [6, 6.07) is 12.9. The summed E-state index contributed by atoms with van der Waals surface area (Å²) >= 11 is 1.48. The third-order valence-corrected chi connectivity index (χ3v) is 7.48. The Bertz CT molecular complexity index is 1330. The van der Waals surface area contributed by atoms with Gasteiger partial charge in [-0.3, -0.25) is 14.4 Å². The molecule has 1 heterocycles. The number of thioether (sulfide) groups is 1. The minimum Gasteiger partial charge on any atom is -0.480 e. The molecule has 0 saturated heterocycles.